The fraction of sp³-hybridized carbons (Fsp3) is 0.562. The molecule has 1 aromatic rings. The molecule has 0 radical (unpaired) electrons. The van der Waals surface area contributed by atoms with Gasteiger partial charge in [-0.15, -0.1) is 12.4 Å². The molecule has 3 aliphatic rings. The minimum Gasteiger partial charge on any atom is -0.496 e. The zero-order chi connectivity index (χ0) is 15.7. The van der Waals surface area contributed by atoms with E-state index in [0.717, 1.165) is 24.1 Å². The molecule has 0 spiro atoms. The summed E-state index contributed by atoms with van der Waals surface area (Å²) >= 11 is 3.43. The van der Waals surface area contributed by atoms with Gasteiger partial charge in [0, 0.05) is 18.7 Å². The highest BCUT2D eigenvalue weighted by atomic mass is 79.9. The van der Waals surface area contributed by atoms with Crippen LogP contribution >= 0.6 is 28.3 Å². The van der Waals surface area contributed by atoms with E-state index < -0.39 is 0 Å². The van der Waals surface area contributed by atoms with Gasteiger partial charge in [0.05, 0.1) is 24.3 Å². The largest absolute Gasteiger partial charge is 0.496 e. The van der Waals surface area contributed by atoms with Gasteiger partial charge >= 0.3 is 0 Å². The number of amides is 1. The molecule has 3 saturated heterocycles. The second-order valence-electron chi connectivity index (χ2n) is 5.91. The lowest BCUT2D eigenvalue weighted by molar-refractivity contribution is 0.0619. The average Bonchev–Trinajstić information content (AvgIpc) is 2.55. The molecule has 7 heteroatoms. The Morgan fingerprint density at radius 3 is 2.39 bits per heavy atom. The van der Waals surface area contributed by atoms with Gasteiger partial charge in [0.2, 0.25) is 0 Å². The van der Waals surface area contributed by atoms with Gasteiger partial charge in [0.15, 0.2) is 0 Å². The number of methoxy groups -OCH3 is 2. The lowest BCUT2D eigenvalue weighted by atomic mass is 9.84. The van der Waals surface area contributed by atoms with Crippen molar-refractivity contribution in [3.8, 4) is 11.5 Å². The number of fused-ring (bicyclic) bond motifs is 3. The van der Waals surface area contributed by atoms with Gasteiger partial charge in [-0.3, -0.25) is 4.79 Å². The first-order valence-corrected chi connectivity index (χ1v) is 8.36. The van der Waals surface area contributed by atoms with Crippen molar-refractivity contribution >= 4 is 34.2 Å². The normalized spacial score (nSPS) is 25.4. The minimum absolute atomic E-state index is 0. The predicted molar refractivity (Wildman–Crippen MR) is 94.9 cm³/mol. The molecule has 0 aliphatic carbocycles. The third-order valence-electron chi connectivity index (χ3n) is 4.69. The van der Waals surface area contributed by atoms with E-state index in [4.69, 9.17) is 9.47 Å². The smallest absolute Gasteiger partial charge is 0.255 e. The van der Waals surface area contributed by atoms with Crippen molar-refractivity contribution in [1.29, 1.82) is 0 Å². The van der Waals surface area contributed by atoms with Gasteiger partial charge in [0.1, 0.15) is 11.5 Å². The van der Waals surface area contributed by atoms with E-state index >= 15 is 0 Å². The van der Waals surface area contributed by atoms with E-state index in [0.29, 0.717) is 23.0 Å². The molecule has 3 aliphatic heterocycles. The number of benzene rings is 1. The van der Waals surface area contributed by atoms with Gasteiger partial charge in [-0.1, -0.05) is 0 Å². The van der Waals surface area contributed by atoms with Crippen LogP contribution in [0.1, 0.15) is 23.2 Å². The summed E-state index contributed by atoms with van der Waals surface area (Å²) < 4.78 is 11.3. The lowest BCUT2D eigenvalue weighted by Crippen LogP contribution is -2.57. The predicted octanol–water partition coefficient (Wildman–Crippen LogP) is 2.71. The number of halogens is 2. The molecular weight excluding hydrogens is 384 g/mol. The number of nitrogens with zero attached hydrogens (tertiary/aromatic N) is 1. The Bertz CT molecular complexity index is 577. The Kier molecular flexibility index (Phi) is 6.17. The van der Waals surface area contributed by atoms with Crippen molar-refractivity contribution in [3.05, 3.63) is 22.2 Å². The van der Waals surface area contributed by atoms with Gasteiger partial charge < -0.3 is 19.7 Å². The van der Waals surface area contributed by atoms with Crippen LogP contribution < -0.4 is 14.8 Å². The van der Waals surface area contributed by atoms with Crippen molar-refractivity contribution in [2.24, 2.45) is 5.92 Å². The zero-order valence-corrected chi connectivity index (χ0v) is 15.7. The van der Waals surface area contributed by atoms with E-state index in [-0.39, 0.29) is 24.4 Å². The number of hydrogen-bond acceptors (Lipinski definition) is 4. The minimum atomic E-state index is -0.0843. The summed E-state index contributed by atoms with van der Waals surface area (Å²) in [7, 11) is 3.15. The van der Waals surface area contributed by atoms with Crippen LogP contribution in [0.4, 0.5) is 0 Å². The quantitative estimate of drug-likeness (QED) is 0.837. The van der Waals surface area contributed by atoms with Crippen molar-refractivity contribution in [2.45, 2.75) is 18.9 Å². The summed E-state index contributed by atoms with van der Waals surface area (Å²) in [5.74, 6) is 1.69. The van der Waals surface area contributed by atoms with E-state index in [2.05, 4.69) is 26.1 Å². The summed E-state index contributed by atoms with van der Waals surface area (Å²) in [4.78, 5) is 15.1. The monoisotopic (exact) mass is 404 g/mol. The molecule has 1 unspecified atom stereocenters. The molecular formula is C16H22BrClN2O3. The number of piperidine rings is 3. The summed E-state index contributed by atoms with van der Waals surface area (Å²) in [6.45, 7) is 3.28. The average molecular weight is 406 g/mol. The fourth-order valence-corrected chi connectivity index (χ4v) is 3.92. The lowest BCUT2D eigenvalue weighted by Gasteiger charge is -2.44. The van der Waals surface area contributed by atoms with Crippen molar-refractivity contribution in [3.63, 3.8) is 0 Å². The van der Waals surface area contributed by atoms with E-state index in [9.17, 15) is 4.79 Å². The van der Waals surface area contributed by atoms with Gasteiger partial charge in [-0.25, -0.2) is 0 Å². The molecule has 2 bridgehead atoms. The van der Waals surface area contributed by atoms with Crippen molar-refractivity contribution in [1.82, 2.24) is 10.2 Å². The molecule has 3 heterocycles. The maximum atomic E-state index is 12.6. The molecule has 3 fully saturated rings. The Balaban J connectivity index is 0.00000192. The van der Waals surface area contributed by atoms with E-state index in [1.807, 2.05) is 0 Å². The van der Waals surface area contributed by atoms with E-state index in [1.54, 1.807) is 26.4 Å². The fourth-order valence-electron chi connectivity index (χ4n) is 3.41. The first-order chi connectivity index (χ1) is 10.6. The molecule has 1 amide bonds. The first-order valence-electron chi connectivity index (χ1n) is 7.57. The van der Waals surface area contributed by atoms with Crippen LogP contribution in [-0.4, -0.2) is 50.7 Å². The standard InChI is InChI=1S/C16H21BrN2O3.ClH/c1-21-14-8-15(22-2)12(17)7-11(14)16(20)18-13-9-19-5-3-10(13)4-6-19;/h7-8,10,13H,3-6,9H2,1-2H3,(H,18,20);1H. The number of nitrogens with one attached hydrogen (secondary N) is 1. The van der Waals surface area contributed by atoms with Gasteiger partial charge in [0.25, 0.3) is 5.91 Å². The Hall–Kier alpha value is -0.980. The first kappa shape index (κ1) is 18.4. The van der Waals surface area contributed by atoms with Crippen molar-refractivity contribution < 1.29 is 14.3 Å². The number of hydrogen-bond donors (Lipinski definition) is 1. The van der Waals surface area contributed by atoms with Crippen molar-refractivity contribution in [2.75, 3.05) is 33.9 Å². The van der Waals surface area contributed by atoms with E-state index in [1.165, 1.54) is 12.8 Å². The summed E-state index contributed by atoms with van der Waals surface area (Å²) in [6.07, 6.45) is 2.35. The van der Waals surface area contributed by atoms with Crippen LogP contribution in [0.25, 0.3) is 0 Å². The number of rotatable bonds is 4. The second kappa shape index (κ2) is 7.73. The SMILES string of the molecule is COc1cc(OC)c(C(=O)NC2CN3CCC2CC3)cc1Br.Cl. The molecule has 4 rings (SSSR count). The van der Waals surface area contributed by atoms with Crippen LogP contribution in [0.2, 0.25) is 0 Å². The highest BCUT2D eigenvalue weighted by molar-refractivity contribution is 9.10. The van der Waals surface area contributed by atoms with Gasteiger partial charge in [-0.2, -0.15) is 0 Å². The molecule has 1 N–H and O–H groups in total. The maximum absolute atomic E-state index is 12.6. The van der Waals surface area contributed by atoms with Crippen LogP contribution in [0, 0.1) is 5.92 Å². The Morgan fingerprint density at radius 2 is 1.87 bits per heavy atom. The second-order valence-corrected chi connectivity index (χ2v) is 6.76. The summed E-state index contributed by atoms with van der Waals surface area (Å²) in [5.41, 5.74) is 0.534. The zero-order valence-electron chi connectivity index (χ0n) is 13.3. The maximum Gasteiger partial charge on any atom is 0.255 e. The highest BCUT2D eigenvalue weighted by Crippen LogP contribution is 2.33. The van der Waals surface area contributed by atoms with Crippen LogP contribution in [-0.2, 0) is 0 Å². The summed E-state index contributed by atoms with van der Waals surface area (Å²) in [6, 6.07) is 3.73. The molecule has 1 atom stereocenters. The molecule has 1 aromatic carbocycles. The van der Waals surface area contributed by atoms with Gasteiger partial charge in [-0.05, 0) is 53.8 Å². The third kappa shape index (κ3) is 3.75. The molecule has 128 valence electrons. The Morgan fingerprint density at radius 1 is 1.22 bits per heavy atom. The number of ether oxygens (including phenoxy) is 2. The molecule has 5 nitrogen and oxygen atoms in total. The Labute approximate surface area is 151 Å². The topological polar surface area (TPSA) is 50.8 Å². The number of carbonyl (C=O) groups is 1. The summed E-state index contributed by atoms with van der Waals surface area (Å²) in [5, 5.41) is 3.18. The number of carbonyl (C=O) groups excluding carboxylic acids is 1. The van der Waals surface area contributed by atoms with Crippen LogP contribution in [0.5, 0.6) is 11.5 Å². The molecule has 0 aromatic heterocycles. The molecule has 0 saturated carbocycles. The van der Waals surface area contributed by atoms with Crippen LogP contribution in [0.15, 0.2) is 16.6 Å². The highest BCUT2D eigenvalue weighted by Gasteiger charge is 2.35. The third-order valence-corrected chi connectivity index (χ3v) is 5.31. The van der Waals surface area contributed by atoms with Crippen LogP contribution in [0.3, 0.4) is 0 Å². The molecule has 23 heavy (non-hydrogen) atoms.